The van der Waals surface area contributed by atoms with E-state index in [2.05, 4.69) is 15.4 Å². The van der Waals surface area contributed by atoms with Crippen LogP contribution in [0.2, 0.25) is 5.15 Å². The summed E-state index contributed by atoms with van der Waals surface area (Å²) in [4.78, 5) is 17.6. The number of carbonyl (C=O) groups is 1. The predicted molar refractivity (Wildman–Crippen MR) is 129 cm³/mol. The molecule has 5 heterocycles. The van der Waals surface area contributed by atoms with Crippen molar-refractivity contribution in [3.63, 3.8) is 0 Å². The SMILES string of the molecule is Cc1nn(C)cc1-c1cccc(F)c1-c1nc2cc(C(=O)N[C@H]3CO[C@H]4[C@@H]3OC[C@@H]4O)ccn2c1Cl. The van der Waals surface area contributed by atoms with Crippen LogP contribution >= 0.6 is 11.6 Å². The number of carbonyl (C=O) groups excluding carboxylic acids is 1. The van der Waals surface area contributed by atoms with Crippen molar-refractivity contribution < 1.29 is 23.8 Å². The zero-order valence-corrected chi connectivity index (χ0v) is 20.2. The first kappa shape index (κ1) is 23.1. The van der Waals surface area contributed by atoms with Gasteiger partial charge in [0.2, 0.25) is 0 Å². The Morgan fingerprint density at radius 1 is 1.22 bits per heavy atom. The number of aliphatic hydroxyl groups is 1. The molecule has 4 atom stereocenters. The number of nitrogens with zero attached hydrogens (tertiary/aromatic N) is 4. The molecule has 0 bridgehead atoms. The largest absolute Gasteiger partial charge is 0.388 e. The Bertz CT molecular complexity index is 1500. The van der Waals surface area contributed by atoms with Gasteiger partial charge in [0.25, 0.3) is 5.91 Å². The number of aryl methyl sites for hydroxylation is 2. The summed E-state index contributed by atoms with van der Waals surface area (Å²) in [6, 6.07) is 7.64. The fourth-order valence-electron chi connectivity index (χ4n) is 5.02. The van der Waals surface area contributed by atoms with Gasteiger partial charge in [-0.3, -0.25) is 13.9 Å². The van der Waals surface area contributed by atoms with Crippen LogP contribution in [0.1, 0.15) is 16.1 Å². The van der Waals surface area contributed by atoms with Crippen molar-refractivity contribution >= 4 is 23.2 Å². The zero-order valence-electron chi connectivity index (χ0n) is 19.5. The molecular weight excluding hydrogens is 489 g/mol. The second-order valence-corrected chi connectivity index (χ2v) is 9.46. The summed E-state index contributed by atoms with van der Waals surface area (Å²) in [6.07, 6.45) is 1.92. The number of hydrogen-bond donors (Lipinski definition) is 2. The lowest BCUT2D eigenvalue weighted by atomic mass is 9.98. The van der Waals surface area contributed by atoms with E-state index in [-0.39, 0.29) is 41.6 Å². The van der Waals surface area contributed by atoms with E-state index in [9.17, 15) is 9.90 Å². The number of aromatic nitrogens is 4. The third kappa shape index (κ3) is 3.68. The summed E-state index contributed by atoms with van der Waals surface area (Å²) >= 11 is 6.67. The van der Waals surface area contributed by atoms with Gasteiger partial charge in [-0.1, -0.05) is 23.7 Å². The molecule has 9 nitrogen and oxygen atoms in total. The standard InChI is InChI=1S/C25H23ClFN5O4/c1-12-15(9-31(2)30-12)14-4-3-5-16(27)20(14)21-24(26)32-7-6-13(8-19(32)29-21)25(34)28-17-10-35-23-18(33)11-36-22(17)23/h3-9,17-18,22-23,33H,10-11H2,1-2H3,(H,28,34)/t17-,18-,22+,23+/m0/s1. The number of nitrogens with one attached hydrogen (secondary N) is 1. The molecule has 2 aliphatic heterocycles. The summed E-state index contributed by atoms with van der Waals surface area (Å²) in [5, 5.41) is 17.4. The highest BCUT2D eigenvalue weighted by Crippen LogP contribution is 2.38. The topological polar surface area (TPSA) is 103 Å². The highest BCUT2D eigenvalue weighted by atomic mass is 35.5. The second-order valence-electron chi connectivity index (χ2n) is 9.10. The van der Waals surface area contributed by atoms with Gasteiger partial charge >= 0.3 is 0 Å². The first-order valence-electron chi connectivity index (χ1n) is 11.5. The van der Waals surface area contributed by atoms with Gasteiger partial charge in [-0.2, -0.15) is 5.10 Å². The van der Waals surface area contributed by atoms with E-state index in [0.717, 1.165) is 11.3 Å². The summed E-state index contributed by atoms with van der Waals surface area (Å²) in [5.41, 5.74) is 3.43. The number of imidazole rings is 1. The molecule has 2 saturated heterocycles. The molecule has 6 rings (SSSR count). The fraction of sp³-hybridized carbons (Fsp3) is 0.320. The highest BCUT2D eigenvalue weighted by molar-refractivity contribution is 6.32. The maximum absolute atomic E-state index is 15.2. The van der Waals surface area contributed by atoms with Crippen molar-refractivity contribution in [1.29, 1.82) is 0 Å². The summed E-state index contributed by atoms with van der Waals surface area (Å²) in [5.74, 6) is -0.802. The zero-order chi connectivity index (χ0) is 25.1. The van der Waals surface area contributed by atoms with Gasteiger partial charge in [0.15, 0.2) is 0 Å². The maximum atomic E-state index is 15.2. The molecule has 2 N–H and O–H groups in total. The molecule has 0 unspecified atom stereocenters. The molecule has 186 valence electrons. The Morgan fingerprint density at radius 3 is 2.81 bits per heavy atom. The van der Waals surface area contributed by atoms with Crippen molar-refractivity contribution in [3.05, 3.63) is 65.0 Å². The van der Waals surface area contributed by atoms with Crippen LogP contribution in [-0.4, -0.2) is 67.7 Å². The Labute approximate surface area is 210 Å². The second kappa shape index (κ2) is 8.67. The van der Waals surface area contributed by atoms with Crippen molar-refractivity contribution in [2.45, 2.75) is 31.3 Å². The van der Waals surface area contributed by atoms with Crippen LogP contribution < -0.4 is 5.32 Å². The lowest BCUT2D eigenvalue weighted by molar-refractivity contribution is 0.0178. The number of amides is 1. The third-order valence-electron chi connectivity index (χ3n) is 6.73. The molecule has 1 amide bonds. The normalized spacial score (nSPS) is 23.4. The molecule has 0 radical (unpaired) electrons. The van der Waals surface area contributed by atoms with Gasteiger partial charge in [0, 0.05) is 36.1 Å². The monoisotopic (exact) mass is 511 g/mol. The van der Waals surface area contributed by atoms with Crippen molar-refractivity contribution in [2.75, 3.05) is 13.2 Å². The van der Waals surface area contributed by atoms with Crippen molar-refractivity contribution in [3.8, 4) is 22.4 Å². The lowest BCUT2D eigenvalue weighted by Gasteiger charge is -2.17. The average molecular weight is 512 g/mol. The Kier molecular flexibility index (Phi) is 5.56. The predicted octanol–water partition coefficient (Wildman–Crippen LogP) is 2.76. The number of rotatable bonds is 4. The fourth-order valence-corrected chi connectivity index (χ4v) is 5.30. The van der Waals surface area contributed by atoms with Crippen LogP contribution in [-0.2, 0) is 16.5 Å². The van der Waals surface area contributed by atoms with E-state index >= 15 is 4.39 Å². The van der Waals surface area contributed by atoms with Crippen LogP contribution in [0.25, 0.3) is 28.0 Å². The van der Waals surface area contributed by atoms with E-state index in [1.165, 1.54) is 6.07 Å². The smallest absolute Gasteiger partial charge is 0.251 e. The van der Waals surface area contributed by atoms with E-state index < -0.39 is 24.1 Å². The number of fused-ring (bicyclic) bond motifs is 2. The summed E-state index contributed by atoms with van der Waals surface area (Å²) in [6.45, 7) is 2.29. The van der Waals surface area contributed by atoms with E-state index in [1.807, 2.05) is 13.1 Å². The van der Waals surface area contributed by atoms with E-state index in [1.54, 1.807) is 46.6 Å². The minimum absolute atomic E-state index is 0.180. The third-order valence-corrected chi connectivity index (χ3v) is 7.09. The van der Waals surface area contributed by atoms with Gasteiger partial charge in [-0.15, -0.1) is 0 Å². The van der Waals surface area contributed by atoms with E-state index in [0.29, 0.717) is 16.8 Å². The van der Waals surface area contributed by atoms with Crippen LogP contribution in [0.3, 0.4) is 0 Å². The number of ether oxygens (including phenoxy) is 2. The molecule has 11 heteroatoms. The maximum Gasteiger partial charge on any atom is 0.251 e. The van der Waals surface area contributed by atoms with Crippen LogP contribution in [0.15, 0.2) is 42.7 Å². The van der Waals surface area contributed by atoms with Gasteiger partial charge < -0.3 is 19.9 Å². The number of pyridine rings is 1. The molecule has 3 aromatic heterocycles. The summed E-state index contributed by atoms with van der Waals surface area (Å²) in [7, 11) is 1.80. The molecule has 4 aromatic rings. The number of aliphatic hydroxyl groups excluding tert-OH is 1. The minimum Gasteiger partial charge on any atom is -0.388 e. The Morgan fingerprint density at radius 2 is 2.03 bits per heavy atom. The molecule has 0 saturated carbocycles. The number of hydrogen-bond acceptors (Lipinski definition) is 6. The first-order chi connectivity index (χ1) is 17.3. The van der Waals surface area contributed by atoms with Crippen LogP contribution in [0, 0.1) is 12.7 Å². The van der Waals surface area contributed by atoms with Gasteiger partial charge in [-0.05, 0) is 30.7 Å². The van der Waals surface area contributed by atoms with Crippen LogP contribution in [0.5, 0.6) is 0 Å². The highest BCUT2D eigenvalue weighted by Gasteiger charge is 2.47. The van der Waals surface area contributed by atoms with Gasteiger partial charge in [-0.25, -0.2) is 9.37 Å². The molecule has 1 aromatic carbocycles. The minimum atomic E-state index is -0.697. The van der Waals surface area contributed by atoms with Gasteiger partial charge in [0.05, 0.1) is 24.9 Å². The Hall–Kier alpha value is -3.31. The molecule has 36 heavy (non-hydrogen) atoms. The van der Waals surface area contributed by atoms with Crippen LogP contribution in [0.4, 0.5) is 4.39 Å². The molecule has 2 aliphatic rings. The molecule has 0 spiro atoms. The van der Waals surface area contributed by atoms with E-state index in [4.69, 9.17) is 21.1 Å². The first-order valence-corrected chi connectivity index (χ1v) is 11.9. The molecule has 2 fully saturated rings. The van der Waals surface area contributed by atoms with Crippen molar-refractivity contribution in [2.24, 2.45) is 7.05 Å². The number of benzene rings is 1. The van der Waals surface area contributed by atoms with Gasteiger partial charge in [0.1, 0.15) is 40.6 Å². The molecule has 0 aliphatic carbocycles. The Balaban J connectivity index is 1.35. The lowest BCUT2D eigenvalue weighted by Crippen LogP contribution is -2.44. The quantitative estimate of drug-likeness (QED) is 0.437. The summed E-state index contributed by atoms with van der Waals surface area (Å²) < 4.78 is 29.6. The number of halogens is 2. The molecular formula is C25H23ClFN5O4. The van der Waals surface area contributed by atoms with Crippen molar-refractivity contribution in [1.82, 2.24) is 24.5 Å². The average Bonchev–Trinajstić information content (AvgIpc) is 3.59.